The Morgan fingerprint density at radius 2 is 1.63 bits per heavy atom. The predicted molar refractivity (Wildman–Crippen MR) is 134 cm³/mol. The van der Waals surface area contributed by atoms with Gasteiger partial charge in [-0.1, -0.05) is 31.9 Å². The second-order valence-electron chi connectivity index (χ2n) is 7.75. The highest BCUT2D eigenvalue weighted by atomic mass is 35.5. The Labute approximate surface area is 209 Å². The fraction of sp³-hybridized carbons (Fsp3) is 0.346. The summed E-state index contributed by atoms with van der Waals surface area (Å²) >= 11 is 6.15. The summed E-state index contributed by atoms with van der Waals surface area (Å²) in [6.07, 6.45) is 3.99. The van der Waals surface area contributed by atoms with Crippen LogP contribution in [0.5, 0.6) is 17.2 Å². The van der Waals surface area contributed by atoms with Gasteiger partial charge in [-0.3, -0.25) is 14.9 Å². The number of benzene rings is 2. The second kappa shape index (κ2) is 12.3. The van der Waals surface area contributed by atoms with Crippen LogP contribution in [0.25, 0.3) is 6.08 Å². The summed E-state index contributed by atoms with van der Waals surface area (Å²) in [5, 5.41) is 2.65. The van der Waals surface area contributed by atoms with Gasteiger partial charge in [0.2, 0.25) is 0 Å². The molecule has 9 heteroatoms. The van der Waals surface area contributed by atoms with Gasteiger partial charge in [-0.2, -0.15) is 0 Å². The Hall–Kier alpha value is -3.52. The van der Waals surface area contributed by atoms with E-state index in [0.29, 0.717) is 47.7 Å². The van der Waals surface area contributed by atoms with Gasteiger partial charge in [0, 0.05) is 16.7 Å². The van der Waals surface area contributed by atoms with Crippen molar-refractivity contribution in [3.63, 3.8) is 0 Å². The SMILES string of the molecule is CCCCOc1ccc(Cl)cc1/C=C1\C(=O)NC(=O)N(c2ccc(OCCC)c(OCC)c2)C1=O. The van der Waals surface area contributed by atoms with Crippen LogP contribution in [0.2, 0.25) is 5.02 Å². The normalized spacial score (nSPS) is 14.8. The second-order valence-corrected chi connectivity index (χ2v) is 8.19. The number of anilines is 1. The molecule has 2 aromatic rings. The Morgan fingerprint density at radius 3 is 2.34 bits per heavy atom. The maximum absolute atomic E-state index is 13.4. The molecular weight excluding hydrogens is 472 g/mol. The van der Waals surface area contributed by atoms with Crippen molar-refractivity contribution in [2.45, 2.75) is 40.0 Å². The first kappa shape index (κ1) is 26.1. The fourth-order valence-corrected chi connectivity index (χ4v) is 3.55. The van der Waals surface area contributed by atoms with Gasteiger partial charge in [0.05, 0.1) is 25.5 Å². The molecule has 1 saturated heterocycles. The molecule has 0 atom stereocenters. The van der Waals surface area contributed by atoms with E-state index in [2.05, 4.69) is 5.32 Å². The van der Waals surface area contributed by atoms with Gasteiger partial charge in [-0.15, -0.1) is 0 Å². The first-order chi connectivity index (χ1) is 16.9. The minimum absolute atomic E-state index is 0.225. The number of rotatable bonds is 11. The highest BCUT2D eigenvalue weighted by Gasteiger charge is 2.37. The topological polar surface area (TPSA) is 94.2 Å². The van der Waals surface area contributed by atoms with Crippen molar-refractivity contribution in [2.24, 2.45) is 0 Å². The highest BCUT2D eigenvalue weighted by molar-refractivity contribution is 6.39. The van der Waals surface area contributed by atoms with Crippen LogP contribution < -0.4 is 24.4 Å². The maximum Gasteiger partial charge on any atom is 0.335 e. The van der Waals surface area contributed by atoms with Crippen molar-refractivity contribution < 1.29 is 28.6 Å². The first-order valence-corrected chi connectivity index (χ1v) is 12.0. The molecule has 1 aliphatic rings. The summed E-state index contributed by atoms with van der Waals surface area (Å²) in [5.74, 6) is -0.202. The number of urea groups is 1. The molecule has 0 unspecified atom stereocenters. The summed E-state index contributed by atoms with van der Waals surface area (Å²) in [7, 11) is 0. The molecule has 186 valence electrons. The minimum atomic E-state index is -0.854. The third-order valence-corrected chi connectivity index (χ3v) is 5.31. The van der Waals surface area contributed by atoms with Crippen molar-refractivity contribution in [1.82, 2.24) is 5.32 Å². The van der Waals surface area contributed by atoms with Crippen molar-refractivity contribution in [2.75, 3.05) is 24.7 Å². The molecule has 8 nitrogen and oxygen atoms in total. The molecule has 1 heterocycles. The van der Waals surface area contributed by atoms with E-state index in [9.17, 15) is 14.4 Å². The third-order valence-electron chi connectivity index (χ3n) is 5.08. The van der Waals surface area contributed by atoms with Crippen LogP contribution in [0.1, 0.15) is 45.6 Å². The molecule has 0 aromatic heterocycles. The van der Waals surface area contributed by atoms with Crippen LogP contribution in [0, 0.1) is 0 Å². The van der Waals surface area contributed by atoms with Gasteiger partial charge in [0.1, 0.15) is 11.3 Å². The van der Waals surface area contributed by atoms with Crippen LogP contribution in [-0.4, -0.2) is 37.7 Å². The average Bonchev–Trinajstić information content (AvgIpc) is 2.82. The summed E-state index contributed by atoms with van der Waals surface area (Å²) < 4.78 is 17.2. The zero-order chi connectivity index (χ0) is 25.4. The Balaban J connectivity index is 1.98. The smallest absolute Gasteiger partial charge is 0.335 e. The Kier molecular flexibility index (Phi) is 9.14. The number of amides is 4. The molecule has 0 aliphatic carbocycles. The van der Waals surface area contributed by atoms with Crippen LogP contribution in [0.4, 0.5) is 10.5 Å². The van der Waals surface area contributed by atoms with Crippen LogP contribution in [0.15, 0.2) is 42.0 Å². The number of carbonyl (C=O) groups is 3. The zero-order valence-electron chi connectivity index (χ0n) is 20.1. The molecule has 3 rings (SSSR count). The van der Waals surface area contributed by atoms with Gasteiger partial charge in [0.15, 0.2) is 11.5 Å². The molecule has 0 spiro atoms. The predicted octanol–water partition coefficient (Wildman–Crippen LogP) is 5.37. The molecular formula is C26H29ClN2O6. The number of carbonyl (C=O) groups excluding carboxylic acids is 3. The van der Waals surface area contributed by atoms with E-state index in [1.165, 1.54) is 12.1 Å². The van der Waals surface area contributed by atoms with Gasteiger partial charge >= 0.3 is 6.03 Å². The standard InChI is InChI=1S/C26H29ClN2O6/c1-4-7-13-35-21-10-8-18(27)14-17(21)15-20-24(30)28-26(32)29(25(20)31)19-9-11-22(34-12-5-2)23(16-19)33-6-3/h8-11,14-16H,4-7,12-13H2,1-3H3,(H,28,30,32)/b20-15+. The maximum atomic E-state index is 13.4. The molecule has 35 heavy (non-hydrogen) atoms. The lowest BCUT2D eigenvalue weighted by Gasteiger charge is -2.27. The molecule has 0 radical (unpaired) electrons. The summed E-state index contributed by atoms with van der Waals surface area (Å²) in [6.45, 7) is 7.18. The van der Waals surface area contributed by atoms with Crippen molar-refractivity contribution in [3.05, 3.63) is 52.6 Å². The van der Waals surface area contributed by atoms with E-state index in [1.54, 1.807) is 30.3 Å². The lowest BCUT2D eigenvalue weighted by Crippen LogP contribution is -2.54. The van der Waals surface area contributed by atoms with Gasteiger partial charge < -0.3 is 14.2 Å². The van der Waals surface area contributed by atoms with E-state index in [-0.39, 0.29) is 11.3 Å². The monoisotopic (exact) mass is 500 g/mol. The number of nitrogens with zero attached hydrogens (tertiary/aromatic N) is 1. The lowest BCUT2D eigenvalue weighted by atomic mass is 10.1. The summed E-state index contributed by atoms with van der Waals surface area (Å²) in [4.78, 5) is 39.5. The van der Waals surface area contributed by atoms with E-state index in [4.69, 9.17) is 25.8 Å². The van der Waals surface area contributed by atoms with E-state index < -0.39 is 17.8 Å². The number of imide groups is 2. The minimum Gasteiger partial charge on any atom is -0.493 e. The molecule has 0 bridgehead atoms. The van der Waals surface area contributed by atoms with E-state index >= 15 is 0 Å². The summed E-state index contributed by atoms with van der Waals surface area (Å²) in [5.41, 5.74) is 0.472. The third kappa shape index (κ3) is 6.33. The molecule has 1 aliphatic heterocycles. The molecule has 0 saturated carbocycles. The largest absolute Gasteiger partial charge is 0.493 e. The van der Waals surface area contributed by atoms with Crippen molar-refractivity contribution >= 4 is 41.2 Å². The van der Waals surface area contributed by atoms with Crippen LogP contribution >= 0.6 is 11.6 Å². The highest BCUT2D eigenvalue weighted by Crippen LogP contribution is 2.34. The first-order valence-electron chi connectivity index (χ1n) is 11.6. The number of hydrogen-bond acceptors (Lipinski definition) is 6. The molecule has 1 N–H and O–H groups in total. The van der Waals surface area contributed by atoms with Crippen LogP contribution in [0.3, 0.4) is 0 Å². The van der Waals surface area contributed by atoms with Crippen molar-refractivity contribution in [1.29, 1.82) is 0 Å². The van der Waals surface area contributed by atoms with Gasteiger partial charge in [-0.25, -0.2) is 9.69 Å². The van der Waals surface area contributed by atoms with Crippen LogP contribution in [-0.2, 0) is 9.59 Å². The molecule has 2 aromatic carbocycles. The number of halogens is 1. The molecule has 1 fully saturated rings. The number of unbranched alkanes of at least 4 members (excludes halogenated alkanes) is 1. The Morgan fingerprint density at radius 1 is 0.886 bits per heavy atom. The number of ether oxygens (including phenoxy) is 3. The summed E-state index contributed by atoms with van der Waals surface area (Å²) in [6, 6.07) is 8.84. The van der Waals surface area contributed by atoms with E-state index in [0.717, 1.165) is 24.2 Å². The molecule has 4 amide bonds. The lowest BCUT2D eigenvalue weighted by molar-refractivity contribution is -0.122. The Bertz CT molecular complexity index is 1130. The van der Waals surface area contributed by atoms with Crippen molar-refractivity contribution in [3.8, 4) is 17.2 Å². The number of barbiturate groups is 1. The quantitative estimate of drug-likeness (QED) is 0.253. The fourth-order valence-electron chi connectivity index (χ4n) is 3.37. The zero-order valence-corrected chi connectivity index (χ0v) is 20.8. The number of hydrogen-bond donors (Lipinski definition) is 1. The van der Waals surface area contributed by atoms with Gasteiger partial charge in [-0.05, 0) is 56.2 Å². The van der Waals surface area contributed by atoms with E-state index in [1.807, 2.05) is 20.8 Å². The van der Waals surface area contributed by atoms with Gasteiger partial charge in [0.25, 0.3) is 11.8 Å². The number of nitrogens with one attached hydrogen (secondary N) is 1. The average molecular weight is 501 g/mol.